The van der Waals surface area contributed by atoms with Crippen molar-refractivity contribution in [3.63, 3.8) is 0 Å². The maximum atomic E-state index is 13.6. The predicted molar refractivity (Wildman–Crippen MR) is 262 cm³/mol. The van der Waals surface area contributed by atoms with E-state index in [0.717, 1.165) is 70.2 Å². The van der Waals surface area contributed by atoms with Gasteiger partial charge in [-0.15, -0.1) is 22.7 Å². The van der Waals surface area contributed by atoms with Crippen LogP contribution >= 0.6 is 22.7 Å². The molecule has 0 bridgehead atoms. The number of pyridine rings is 4. The van der Waals surface area contributed by atoms with E-state index in [-0.39, 0.29) is 35.6 Å². The van der Waals surface area contributed by atoms with E-state index in [2.05, 4.69) is 24.6 Å². The van der Waals surface area contributed by atoms with Gasteiger partial charge in [0.1, 0.15) is 32.4 Å². The quantitative estimate of drug-likeness (QED) is 0.117. The van der Waals surface area contributed by atoms with Crippen molar-refractivity contribution < 1.29 is 31.7 Å². The molecule has 2 aromatic carbocycles. The van der Waals surface area contributed by atoms with Gasteiger partial charge in [-0.25, -0.2) is 9.97 Å². The minimum absolute atomic E-state index is 0.00558. The maximum Gasteiger partial charge on any atom is 0.264 e. The first-order valence-electron chi connectivity index (χ1n) is 22.3. The molecule has 8 heterocycles. The van der Waals surface area contributed by atoms with Crippen LogP contribution in [-0.4, -0.2) is 118 Å². The van der Waals surface area contributed by atoms with Gasteiger partial charge < -0.3 is 29.9 Å². The Balaban J connectivity index is 0.000000157. The number of benzene rings is 2. The summed E-state index contributed by atoms with van der Waals surface area (Å²) in [5.74, 6) is 1.51. The SMILES string of the molecule is CS(=O)(=O)OCCNC(=O)c1c(=O)c2ccc(N3CCOCC3)nc2n2c1sc1ccccc12.O=C(NCCCC1CC1)c1c(=O)c2ccc(N3CCOCC3)nc2n2c1sc1ccccc12. The van der Waals surface area contributed by atoms with E-state index in [1.807, 2.05) is 69.5 Å². The lowest BCUT2D eigenvalue weighted by atomic mass is 10.1. The molecule has 0 unspecified atom stereocenters. The van der Waals surface area contributed by atoms with Crippen molar-refractivity contribution in [1.29, 1.82) is 0 Å². The third kappa shape index (κ3) is 9.20. The summed E-state index contributed by atoms with van der Waals surface area (Å²) in [6, 6.07) is 22.8. The van der Waals surface area contributed by atoms with E-state index >= 15 is 0 Å². The fourth-order valence-corrected chi connectivity index (χ4v) is 11.4. The van der Waals surface area contributed by atoms with Crippen molar-refractivity contribution in [2.45, 2.75) is 25.7 Å². The number of amides is 2. The first-order valence-corrected chi connectivity index (χ1v) is 25.8. The second-order valence-corrected chi connectivity index (χ2v) is 20.4. The Morgan fingerprint density at radius 1 is 0.687 bits per heavy atom. The van der Waals surface area contributed by atoms with Gasteiger partial charge in [-0.2, -0.15) is 8.42 Å². The number of fused-ring (bicyclic) bond motifs is 10. The van der Waals surface area contributed by atoms with Crippen molar-refractivity contribution in [1.82, 2.24) is 29.4 Å². The Morgan fingerprint density at radius 2 is 1.15 bits per heavy atom. The number of nitrogens with one attached hydrogen (secondary N) is 2. The predicted octanol–water partition coefficient (Wildman–Crippen LogP) is 5.42. The topological polar surface area (TPSA) is 195 Å². The van der Waals surface area contributed by atoms with Crippen LogP contribution in [0.25, 0.3) is 52.2 Å². The van der Waals surface area contributed by atoms with Gasteiger partial charge in [-0.1, -0.05) is 37.1 Å². The number of para-hydroxylation sites is 2. The van der Waals surface area contributed by atoms with Gasteiger partial charge >= 0.3 is 0 Å². The molecule has 17 nitrogen and oxygen atoms in total. The van der Waals surface area contributed by atoms with Crippen LogP contribution in [-0.2, 0) is 23.8 Å². The number of thiazole rings is 2. The summed E-state index contributed by atoms with van der Waals surface area (Å²) < 4.78 is 43.7. The van der Waals surface area contributed by atoms with E-state index in [9.17, 15) is 27.6 Å². The van der Waals surface area contributed by atoms with Gasteiger partial charge in [0, 0.05) is 39.3 Å². The molecule has 1 saturated carbocycles. The van der Waals surface area contributed by atoms with Crippen LogP contribution in [0, 0.1) is 5.92 Å². The minimum atomic E-state index is -3.62. The Kier molecular flexibility index (Phi) is 12.7. The molecule has 20 heteroatoms. The normalized spacial score (nSPS) is 15.7. The fourth-order valence-electron chi connectivity index (χ4n) is 8.63. The van der Waals surface area contributed by atoms with E-state index < -0.39 is 21.5 Å². The lowest BCUT2D eigenvalue weighted by Crippen LogP contribution is -2.37. The van der Waals surface area contributed by atoms with Crippen molar-refractivity contribution in [2.24, 2.45) is 5.92 Å². The molecule has 3 aliphatic rings. The molecule has 11 rings (SSSR count). The molecule has 8 aromatic rings. The van der Waals surface area contributed by atoms with Crippen LogP contribution in [0.4, 0.5) is 11.6 Å². The van der Waals surface area contributed by atoms with Crippen molar-refractivity contribution in [3.05, 3.63) is 104 Å². The molecular weight excluding hydrogens is 917 g/mol. The fraction of sp³-hybridized carbons (Fsp3) is 0.362. The van der Waals surface area contributed by atoms with Crippen molar-refractivity contribution >= 4 is 108 Å². The molecule has 67 heavy (non-hydrogen) atoms. The average Bonchev–Trinajstić information content (AvgIpc) is 3.98. The number of ether oxygens (including phenoxy) is 2. The first kappa shape index (κ1) is 44.8. The van der Waals surface area contributed by atoms with Gasteiger partial charge in [-0.05, 0) is 67.3 Å². The maximum absolute atomic E-state index is 13.6. The standard InChI is InChI=1S/C25H26N4O3S.C22H22N4O6S2/c30-22-17-9-10-20(28-12-14-32-15-13-28)27-23(17)29-18-5-1-2-6-19(18)33-25(29)21(22)24(31)26-11-3-4-16-7-8-16;1-34(29,30)32-11-8-23-21(28)18-19(27)14-6-7-17(25-9-12-31-13-10-25)24-20(14)26-15-4-2-3-5-16(15)33-22(18)26/h1-2,5-6,9-10,16H,3-4,7-8,11-15H2,(H,26,31);2-7H,8-13H2,1H3,(H,23,28). The largest absolute Gasteiger partial charge is 0.378 e. The summed E-state index contributed by atoms with van der Waals surface area (Å²) in [6.45, 7) is 5.80. The van der Waals surface area contributed by atoms with Crippen LogP contribution in [0.5, 0.6) is 0 Å². The lowest BCUT2D eigenvalue weighted by Gasteiger charge is -2.27. The molecule has 0 spiro atoms. The number of nitrogens with zero attached hydrogens (tertiary/aromatic N) is 6. The highest BCUT2D eigenvalue weighted by Gasteiger charge is 2.26. The molecule has 2 saturated heterocycles. The number of carbonyl (C=O) groups excluding carboxylic acids is 2. The Hall–Kier alpha value is -6.03. The average molecular weight is 965 g/mol. The third-order valence-electron chi connectivity index (χ3n) is 12.1. The molecule has 0 radical (unpaired) electrons. The zero-order chi connectivity index (χ0) is 46.2. The van der Waals surface area contributed by atoms with Crippen LogP contribution in [0.2, 0.25) is 0 Å². The zero-order valence-corrected chi connectivity index (χ0v) is 39.1. The van der Waals surface area contributed by atoms with Gasteiger partial charge in [0.2, 0.25) is 10.9 Å². The van der Waals surface area contributed by atoms with Gasteiger partial charge in [0.05, 0.1) is 70.5 Å². The summed E-state index contributed by atoms with van der Waals surface area (Å²) in [5.41, 5.74) is 2.41. The van der Waals surface area contributed by atoms with Crippen LogP contribution < -0.4 is 31.3 Å². The van der Waals surface area contributed by atoms with Gasteiger partial charge in [-0.3, -0.25) is 32.2 Å². The minimum Gasteiger partial charge on any atom is -0.378 e. The van der Waals surface area contributed by atoms with Gasteiger partial charge in [0.25, 0.3) is 21.9 Å². The molecule has 2 aliphatic heterocycles. The molecule has 1 aliphatic carbocycles. The number of carbonyl (C=O) groups is 2. The number of aromatic nitrogens is 4. The van der Waals surface area contributed by atoms with E-state index in [1.54, 1.807) is 12.1 Å². The highest BCUT2D eigenvalue weighted by Crippen LogP contribution is 2.34. The monoisotopic (exact) mass is 964 g/mol. The summed E-state index contributed by atoms with van der Waals surface area (Å²) in [7, 11) is -3.62. The highest BCUT2D eigenvalue weighted by atomic mass is 32.2. The Bertz CT molecular complexity index is 3440. The van der Waals surface area contributed by atoms with Crippen molar-refractivity contribution in [3.8, 4) is 0 Å². The van der Waals surface area contributed by atoms with Crippen LogP contribution in [0.15, 0.2) is 82.4 Å². The zero-order valence-electron chi connectivity index (χ0n) is 36.7. The Labute approximate surface area is 392 Å². The smallest absolute Gasteiger partial charge is 0.264 e. The summed E-state index contributed by atoms with van der Waals surface area (Å²) in [4.78, 5) is 68.5. The molecule has 3 fully saturated rings. The Morgan fingerprint density at radius 3 is 1.61 bits per heavy atom. The molecule has 2 amide bonds. The molecule has 6 aromatic heterocycles. The number of hydrogen-bond acceptors (Lipinski definition) is 15. The number of hydrogen-bond donors (Lipinski definition) is 2. The van der Waals surface area contributed by atoms with Crippen molar-refractivity contribution in [2.75, 3.05) is 88.4 Å². The van der Waals surface area contributed by atoms with E-state index in [0.29, 0.717) is 77.8 Å². The number of rotatable bonds is 12. The summed E-state index contributed by atoms with van der Waals surface area (Å²) in [5, 5.41) is 6.40. The van der Waals surface area contributed by atoms with Crippen LogP contribution in [0.3, 0.4) is 0 Å². The molecule has 348 valence electrons. The number of morpholine rings is 2. The first-order chi connectivity index (χ1) is 32.5. The molecular formula is C47H48N8O9S3. The molecule has 0 atom stereocenters. The molecule has 2 N–H and O–H groups in total. The summed E-state index contributed by atoms with van der Waals surface area (Å²) >= 11 is 2.80. The van der Waals surface area contributed by atoms with E-state index in [1.165, 1.54) is 35.5 Å². The second-order valence-electron chi connectivity index (χ2n) is 16.7. The lowest BCUT2D eigenvalue weighted by molar-refractivity contribution is 0.0942. The summed E-state index contributed by atoms with van der Waals surface area (Å²) in [6.07, 6.45) is 5.64. The van der Waals surface area contributed by atoms with Crippen LogP contribution in [0.1, 0.15) is 46.4 Å². The number of anilines is 2. The van der Waals surface area contributed by atoms with E-state index in [4.69, 9.17) is 19.4 Å². The highest BCUT2D eigenvalue weighted by molar-refractivity contribution is 7.86. The second kappa shape index (κ2) is 18.9. The third-order valence-corrected chi connectivity index (χ3v) is 15.0. The van der Waals surface area contributed by atoms with Gasteiger partial charge in [0.15, 0.2) is 11.3 Å².